The Labute approximate surface area is 134 Å². The highest BCUT2D eigenvalue weighted by molar-refractivity contribution is 7.86. The molecule has 2 fully saturated rings. The average Bonchev–Trinajstić information content (AvgIpc) is 2.94. The van der Waals surface area contributed by atoms with E-state index in [2.05, 4.69) is 5.32 Å². The van der Waals surface area contributed by atoms with Crippen LogP contribution >= 0.6 is 0 Å². The molecule has 2 saturated heterocycles. The van der Waals surface area contributed by atoms with Crippen molar-refractivity contribution in [2.75, 3.05) is 19.8 Å². The van der Waals surface area contributed by atoms with Crippen molar-refractivity contribution in [1.29, 1.82) is 0 Å². The highest BCUT2D eigenvalue weighted by atomic mass is 32.3. The van der Waals surface area contributed by atoms with Gasteiger partial charge in [0.05, 0.1) is 17.1 Å². The lowest BCUT2D eigenvalue weighted by atomic mass is 9.89. The van der Waals surface area contributed by atoms with Crippen LogP contribution < -0.4 is 5.32 Å². The Morgan fingerprint density at radius 3 is 2.61 bits per heavy atom. The summed E-state index contributed by atoms with van der Waals surface area (Å²) in [5, 5.41) is 2.93. The van der Waals surface area contributed by atoms with Crippen LogP contribution in [-0.4, -0.2) is 45.8 Å². The minimum Gasteiger partial charge on any atom is -0.378 e. The van der Waals surface area contributed by atoms with Crippen LogP contribution in [0.2, 0.25) is 0 Å². The molecule has 1 spiro atoms. The molecule has 8 heteroatoms. The smallest absolute Gasteiger partial charge is 0.332 e. The van der Waals surface area contributed by atoms with Gasteiger partial charge >= 0.3 is 10.2 Å². The van der Waals surface area contributed by atoms with Crippen molar-refractivity contribution in [1.82, 2.24) is 5.32 Å². The standard InChI is InChI=1S/C15H18FNO5S/c16-23(19,20)13-3-1-11(2-4-13)14(18)17-12-5-7-22-15(9-12)6-8-21-10-15/h1-4,12H,5-10H2,(H,17,18). The van der Waals surface area contributed by atoms with Crippen molar-refractivity contribution < 1.29 is 26.6 Å². The van der Waals surface area contributed by atoms with E-state index in [1.165, 1.54) is 12.1 Å². The first-order valence-electron chi connectivity index (χ1n) is 7.45. The molecule has 6 nitrogen and oxygen atoms in total. The minimum atomic E-state index is -4.75. The van der Waals surface area contributed by atoms with Crippen molar-refractivity contribution in [2.45, 2.75) is 35.8 Å². The van der Waals surface area contributed by atoms with Crippen LogP contribution in [0.25, 0.3) is 0 Å². The number of hydrogen-bond donors (Lipinski definition) is 1. The van der Waals surface area contributed by atoms with Crippen LogP contribution in [0, 0.1) is 0 Å². The van der Waals surface area contributed by atoms with E-state index in [-0.39, 0.29) is 17.6 Å². The zero-order valence-electron chi connectivity index (χ0n) is 12.5. The van der Waals surface area contributed by atoms with Crippen LogP contribution in [0.5, 0.6) is 0 Å². The van der Waals surface area contributed by atoms with Crippen LogP contribution in [0.1, 0.15) is 29.6 Å². The molecule has 126 valence electrons. The quantitative estimate of drug-likeness (QED) is 0.839. The number of carbonyl (C=O) groups excluding carboxylic acids is 1. The largest absolute Gasteiger partial charge is 0.378 e. The van der Waals surface area contributed by atoms with Gasteiger partial charge in [-0.3, -0.25) is 4.79 Å². The highest BCUT2D eigenvalue weighted by Crippen LogP contribution is 2.32. The maximum atomic E-state index is 12.8. The van der Waals surface area contributed by atoms with Crippen molar-refractivity contribution in [2.24, 2.45) is 0 Å². The van der Waals surface area contributed by atoms with Crippen LogP contribution in [0.4, 0.5) is 3.89 Å². The van der Waals surface area contributed by atoms with E-state index in [9.17, 15) is 17.1 Å². The van der Waals surface area contributed by atoms with E-state index < -0.39 is 15.1 Å². The van der Waals surface area contributed by atoms with Crippen LogP contribution in [0.15, 0.2) is 29.2 Å². The van der Waals surface area contributed by atoms with Gasteiger partial charge in [0.15, 0.2) is 0 Å². The van der Waals surface area contributed by atoms with E-state index in [0.29, 0.717) is 38.2 Å². The molecule has 0 aromatic heterocycles. The lowest BCUT2D eigenvalue weighted by Crippen LogP contribution is -2.49. The second-order valence-corrected chi connectivity index (χ2v) is 7.31. The number of hydrogen-bond acceptors (Lipinski definition) is 5. The van der Waals surface area contributed by atoms with E-state index in [0.717, 1.165) is 18.6 Å². The van der Waals surface area contributed by atoms with E-state index in [4.69, 9.17) is 9.47 Å². The zero-order chi connectivity index (χ0) is 16.5. The summed E-state index contributed by atoms with van der Waals surface area (Å²) in [6.45, 7) is 1.77. The molecule has 3 rings (SSSR count). The van der Waals surface area contributed by atoms with Gasteiger partial charge < -0.3 is 14.8 Å². The van der Waals surface area contributed by atoms with Crippen LogP contribution in [0.3, 0.4) is 0 Å². The molecular weight excluding hydrogens is 325 g/mol. The molecule has 0 saturated carbocycles. The summed E-state index contributed by atoms with van der Waals surface area (Å²) < 4.78 is 45.6. The molecule has 2 aliphatic heterocycles. The number of carbonyl (C=O) groups is 1. The van der Waals surface area contributed by atoms with Crippen molar-refractivity contribution in [3.63, 3.8) is 0 Å². The van der Waals surface area contributed by atoms with Gasteiger partial charge in [-0.1, -0.05) is 0 Å². The summed E-state index contributed by atoms with van der Waals surface area (Å²) in [6.07, 6.45) is 2.22. The summed E-state index contributed by atoms with van der Waals surface area (Å²) in [5.41, 5.74) is -0.0110. The minimum absolute atomic E-state index is 0.0254. The highest BCUT2D eigenvalue weighted by Gasteiger charge is 2.41. The monoisotopic (exact) mass is 343 g/mol. The van der Waals surface area contributed by atoms with E-state index >= 15 is 0 Å². The Bertz CT molecular complexity index is 682. The summed E-state index contributed by atoms with van der Waals surface area (Å²) in [5.74, 6) is -0.311. The molecule has 0 bridgehead atoms. The van der Waals surface area contributed by atoms with E-state index in [1.807, 2.05) is 0 Å². The van der Waals surface area contributed by atoms with Gasteiger partial charge in [-0.15, -0.1) is 3.89 Å². The number of halogens is 1. The van der Waals surface area contributed by atoms with Gasteiger partial charge in [0.25, 0.3) is 5.91 Å². The maximum Gasteiger partial charge on any atom is 0.332 e. The van der Waals surface area contributed by atoms with Crippen molar-refractivity contribution in [3.05, 3.63) is 29.8 Å². The lowest BCUT2D eigenvalue weighted by Gasteiger charge is -2.37. The molecule has 2 unspecified atom stereocenters. The molecule has 2 atom stereocenters. The topological polar surface area (TPSA) is 81.7 Å². The Balaban J connectivity index is 1.64. The van der Waals surface area contributed by atoms with Crippen LogP contribution in [-0.2, 0) is 19.7 Å². The van der Waals surface area contributed by atoms with Gasteiger partial charge in [-0.05, 0) is 37.1 Å². The molecule has 1 N–H and O–H groups in total. The normalized spacial score (nSPS) is 28.0. The van der Waals surface area contributed by atoms with Gasteiger partial charge in [0.2, 0.25) is 0 Å². The predicted octanol–water partition coefficient (Wildman–Crippen LogP) is 1.41. The zero-order valence-corrected chi connectivity index (χ0v) is 13.3. The summed E-state index contributed by atoms with van der Waals surface area (Å²) in [4.78, 5) is 11.8. The van der Waals surface area contributed by atoms with E-state index in [1.54, 1.807) is 0 Å². The number of benzene rings is 1. The van der Waals surface area contributed by atoms with Gasteiger partial charge in [-0.2, -0.15) is 8.42 Å². The summed E-state index contributed by atoms with van der Waals surface area (Å²) >= 11 is 0. The summed E-state index contributed by atoms with van der Waals surface area (Å²) in [7, 11) is -4.75. The molecule has 1 aromatic carbocycles. The van der Waals surface area contributed by atoms with Gasteiger partial charge in [-0.25, -0.2) is 0 Å². The predicted molar refractivity (Wildman–Crippen MR) is 79.3 cm³/mol. The fourth-order valence-corrected chi connectivity index (χ4v) is 3.51. The number of nitrogens with one attached hydrogen (secondary N) is 1. The molecule has 1 amide bonds. The second-order valence-electron chi connectivity index (χ2n) is 5.96. The Hall–Kier alpha value is -1.51. The first-order chi connectivity index (χ1) is 10.9. The molecule has 2 aliphatic rings. The Kier molecular flexibility index (Phi) is 4.39. The molecule has 1 aromatic rings. The fraction of sp³-hybridized carbons (Fsp3) is 0.533. The SMILES string of the molecule is O=C(NC1CCOC2(CCOC2)C1)c1ccc(S(=O)(=O)F)cc1. The molecule has 23 heavy (non-hydrogen) atoms. The Morgan fingerprint density at radius 1 is 1.26 bits per heavy atom. The second kappa shape index (κ2) is 6.18. The number of ether oxygens (including phenoxy) is 2. The number of amides is 1. The van der Waals surface area contributed by atoms with Crippen molar-refractivity contribution >= 4 is 16.1 Å². The van der Waals surface area contributed by atoms with Crippen molar-refractivity contribution in [3.8, 4) is 0 Å². The first-order valence-corrected chi connectivity index (χ1v) is 8.84. The van der Waals surface area contributed by atoms with Gasteiger partial charge in [0.1, 0.15) is 0 Å². The fourth-order valence-electron chi connectivity index (χ4n) is 3.05. The average molecular weight is 343 g/mol. The number of rotatable bonds is 3. The molecule has 0 radical (unpaired) electrons. The summed E-state index contributed by atoms with van der Waals surface area (Å²) in [6, 6.07) is 4.74. The molecule has 0 aliphatic carbocycles. The Morgan fingerprint density at radius 2 is 2.00 bits per heavy atom. The first kappa shape index (κ1) is 16.4. The third-order valence-electron chi connectivity index (χ3n) is 4.29. The third-order valence-corrected chi connectivity index (χ3v) is 5.13. The maximum absolute atomic E-state index is 12.8. The molecular formula is C15H18FNO5S. The molecule has 2 heterocycles. The third kappa shape index (κ3) is 3.70. The lowest BCUT2D eigenvalue weighted by molar-refractivity contribution is -0.0881. The van der Waals surface area contributed by atoms with Gasteiger partial charge in [0, 0.05) is 31.2 Å².